The molecule has 0 aliphatic carbocycles. The summed E-state index contributed by atoms with van der Waals surface area (Å²) < 4.78 is 32.8. The van der Waals surface area contributed by atoms with Gasteiger partial charge in [0.25, 0.3) is 15.9 Å². The first kappa shape index (κ1) is 21.4. The molecule has 0 aliphatic rings. The number of benzene rings is 3. The summed E-state index contributed by atoms with van der Waals surface area (Å²) in [6.07, 6.45) is 1.63. The van der Waals surface area contributed by atoms with E-state index in [1.54, 1.807) is 48.5 Å². The Labute approximate surface area is 180 Å². The van der Waals surface area contributed by atoms with Crippen LogP contribution in [0.3, 0.4) is 0 Å². The summed E-state index contributed by atoms with van der Waals surface area (Å²) in [6, 6.07) is 19.2. The standard InChI is InChI=1S/C22H19ClN2O4S/c1-2-13-29-18-8-6-7-17(15-18)24-22(26)16-11-12-21(20(23)14-16)25-30(27,28)19-9-4-3-5-10-19/h2-12,14-15,25H,1,13H2,(H,24,26). The van der Waals surface area contributed by atoms with Crippen LogP contribution >= 0.6 is 11.6 Å². The van der Waals surface area contributed by atoms with E-state index in [1.807, 2.05) is 0 Å². The van der Waals surface area contributed by atoms with E-state index in [0.717, 1.165) is 0 Å². The maximum atomic E-state index is 12.5. The van der Waals surface area contributed by atoms with E-state index in [2.05, 4.69) is 16.6 Å². The van der Waals surface area contributed by atoms with Crippen LogP contribution in [0.25, 0.3) is 0 Å². The topological polar surface area (TPSA) is 84.5 Å². The fourth-order valence-electron chi connectivity index (χ4n) is 2.56. The second-order valence-corrected chi connectivity index (χ2v) is 8.28. The van der Waals surface area contributed by atoms with Gasteiger partial charge in [0, 0.05) is 17.3 Å². The van der Waals surface area contributed by atoms with Crippen LogP contribution in [-0.4, -0.2) is 20.9 Å². The lowest BCUT2D eigenvalue weighted by atomic mass is 10.2. The molecule has 0 atom stereocenters. The Bertz CT molecular complexity index is 1160. The molecule has 8 heteroatoms. The lowest BCUT2D eigenvalue weighted by molar-refractivity contribution is 0.102. The molecule has 3 rings (SSSR count). The van der Waals surface area contributed by atoms with Gasteiger partial charge in [0.1, 0.15) is 12.4 Å². The molecule has 0 radical (unpaired) electrons. The second-order valence-electron chi connectivity index (χ2n) is 6.19. The molecule has 1 amide bonds. The lowest BCUT2D eigenvalue weighted by Gasteiger charge is -2.12. The smallest absolute Gasteiger partial charge is 0.261 e. The molecule has 0 aromatic heterocycles. The number of hydrogen-bond acceptors (Lipinski definition) is 4. The highest BCUT2D eigenvalue weighted by atomic mass is 35.5. The molecule has 154 valence electrons. The third-order valence-electron chi connectivity index (χ3n) is 3.99. The van der Waals surface area contributed by atoms with Crippen LogP contribution in [0.4, 0.5) is 11.4 Å². The monoisotopic (exact) mass is 442 g/mol. The lowest BCUT2D eigenvalue weighted by Crippen LogP contribution is -2.14. The van der Waals surface area contributed by atoms with Crippen molar-refractivity contribution < 1.29 is 17.9 Å². The first-order valence-corrected chi connectivity index (χ1v) is 10.8. The van der Waals surface area contributed by atoms with Crippen molar-refractivity contribution in [1.29, 1.82) is 0 Å². The van der Waals surface area contributed by atoms with Crippen molar-refractivity contribution in [2.45, 2.75) is 4.90 Å². The number of anilines is 2. The third kappa shape index (κ3) is 5.40. The number of carbonyl (C=O) groups is 1. The zero-order valence-corrected chi connectivity index (χ0v) is 17.4. The highest BCUT2D eigenvalue weighted by Crippen LogP contribution is 2.26. The van der Waals surface area contributed by atoms with Crippen molar-refractivity contribution >= 4 is 38.9 Å². The van der Waals surface area contributed by atoms with E-state index in [4.69, 9.17) is 16.3 Å². The van der Waals surface area contributed by atoms with E-state index in [0.29, 0.717) is 18.0 Å². The van der Waals surface area contributed by atoms with Crippen molar-refractivity contribution in [2.75, 3.05) is 16.6 Å². The second kappa shape index (κ2) is 9.47. The van der Waals surface area contributed by atoms with Crippen molar-refractivity contribution in [1.82, 2.24) is 0 Å². The number of halogens is 1. The summed E-state index contributed by atoms with van der Waals surface area (Å²) in [5.41, 5.74) is 1.00. The molecule has 6 nitrogen and oxygen atoms in total. The summed E-state index contributed by atoms with van der Waals surface area (Å²) in [5.74, 6) is 0.201. The Morgan fingerprint density at radius 2 is 1.80 bits per heavy atom. The molecule has 0 unspecified atom stereocenters. The van der Waals surface area contributed by atoms with Gasteiger partial charge in [-0.2, -0.15) is 0 Å². The van der Waals surface area contributed by atoms with Crippen LogP contribution in [0.15, 0.2) is 90.3 Å². The zero-order chi connectivity index (χ0) is 21.6. The molecule has 0 aliphatic heterocycles. The highest BCUT2D eigenvalue weighted by Gasteiger charge is 2.16. The largest absolute Gasteiger partial charge is 0.489 e. The van der Waals surface area contributed by atoms with Crippen LogP contribution in [-0.2, 0) is 10.0 Å². The Kier molecular flexibility index (Phi) is 6.76. The summed E-state index contributed by atoms with van der Waals surface area (Å²) in [6.45, 7) is 3.95. The maximum Gasteiger partial charge on any atom is 0.261 e. The van der Waals surface area contributed by atoms with Crippen molar-refractivity contribution in [3.05, 3.63) is 96.0 Å². The van der Waals surface area contributed by atoms with Crippen LogP contribution < -0.4 is 14.8 Å². The van der Waals surface area contributed by atoms with Crippen molar-refractivity contribution in [3.63, 3.8) is 0 Å². The van der Waals surface area contributed by atoms with Gasteiger partial charge in [-0.05, 0) is 42.5 Å². The number of ether oxygens (including phenoxy) is 1. The number of nitrogens with one attached hydrogen (secondary N) is 2. The first-order chi connectivity index (χ1) is 14.4. The molecule has 0 saturated heterocycles. The van der Waals surface area contributed by atoms with Crippen LogP contribution in [0.2, 0.25) is 5.02 Å². The summed E-state index contributed by atoms with van der Waals surface area (Å²) in [4.78, 5) is 12.7. The van der Waals surface area contributed by atoms with Gasteiger partial charge in [-0.3, -0.25) is 9.52 Å². The summed E-state index contributed by atoms with van der Waals surface area (Å²) in [7, 11) is -3.79. The van der Waals surface area contributed by atoms with E-state index in [-0.39, 0.29) is 21.2 Å². The van der Waals surface area contributed by atoms with E-state index in [1.165, 1.54) is 30.3 Å². The van der Waals surface area contributed by atoms with E-state index < -0.39 is 15.9 Å². The molecule has 0 fully saturated rings. The van der Waals surface area contributed by atoms with Gasteiger partial charge >= 0.3 is 0 Å². The number of hydrogen-bond donors (Lipinski definition) is 2. The van der Waals surface area contributed by atoms with Gasteiger partial charge in [0.2, 0.25) is 0 Å². The number of amides is 1. The average Bonchev–Trinajstić information content (AvgIpc) is 2.74. The third-order valence-corrected chi connectivity index (χ3v) is 5.68. The van der Waals surface area contributed by atoms with Crippen molar-refractivity contribution in [2.24, 2.45) is 0 Å². The Balaban J connectivity index is 1.73. The summed E-state index contributed by atoms with van der Waals surface area (Å²) >= 11 is 6.22. The average molecular weight is 443 g/mol. The molecule has 2 N–H and O–H groups in total. The number of carbonyl (C=O) groups excluding carboxylic acids is 1. The highest BCUT2D eigenvalue weighted by molar-refractivity contribution is 7.92. The molecule has 0 heterocycles. The molecule has 0 saturated carbocycles. The van der Waals surface area contributed by atoms with Crippen molar-refractivity contribution in [3.8, 4) is 5.75 Å². The Hall–Kier alpha value is -3.29. The van der Waals surface area contributed by atoms with E-state index >= 15 is 0 Å². The summed E-state index contributed by atoms with van der Waals surface area (Å²) in [5, 5.41) is 2.86. The number of rotatable bonds is 8. The van der Waals surface area contributed by atoms with Crippen LogP contribution in [0, 0.1) is 0 Å². The molecule has 0 spiro atoms. The van der Waals surface area contributed by atoms with Gasteiger partial charge in [0.05, 0.1) is 15.6 Å². The van der Waals surface area contributed by atoms with Crippen LogP contribution in [0.1, 0.15) is 10.4 Å². The molecule has 0 bridgehead atoms. The van der Waals surface area contributed by atoms with Gasteiger partial charge in [-0.1, -0.05) is 48.5 Å². The predicted molar refractivity (Wildman–Crippen MR) is 119 cm³/mol. The van der Waals surface area contributed by atoms with Gasteiger partial charge < -0.3 is 10.1 Å². The molecule has 3 aromatic carbocycles. The SMILES string of the molecule is C=CCOc1cccc(NC(=O)c2ccc(NS(=O)(=O)c3ccccc3)c(Cl)c2)c1. The number of sulfonamides is 1. The van der Waals surface area contributed by atoms with Gasteiger partial charge in [-0.15, -0.1) is 0 Å². The quantitative estimate of drug-likeness (QED) is 0.483. The minimum Gasteiger partial charge on any atom is -0.489 e. The Morgan fingerprint density at radius 1 is 1.03 bits per heavy atom. The normalized spacial score (nSPS) is 10.8. The predicted octanol–water partition coefficient (Wildman–Crippen LogP) is 4.96. The molecular weight excluding hydrogens is 424 g/mol. The minimum atomic E-state index is -3.79. The van der Waals surface area contributed by atoms with Crippen LogP contribution in [0.5, 0.6) is 5.75 Å². The minimum absolute atomic E-state index is 0.102. The fourth-order valence-corrected chi connectivity index (χ4v) is 3.95. The molecular formula is C22H19ClN2O4S. The van der Waals surface area contributed by atoms with Gasteiger partial charge in [0.15, 0.2) is 0 Å². The molecule has 30 heavy (non-hydrogen) atoms. The maximum absolute atomic E-state index is 12.5. The Morgan fingerprint density at radius 3 is 2.50 bits per heavy atom. The van der Waals surface area contributed by atoms with E-state index in [9.17, 15) is 13.2 Å². The zero-order valence-electron chi connectivity index (χ0n) is 15.8. The first-order valence-electron chi connectivity index (χ1n) is 8.91. The molecule has 3 aromatic rings. The van der Waals surface area contributed by atoms with Gasteiger partial charge in [-0.25, -0.2) is 8.42 Å². The fraction of sp³-hybridized carbons (Fsp3) is 0.0455.